The third kappa shape index (κ3) is 2.18. The summed E-state index contributed by atoms with van der Waals surface area (Å²) in [4.78, 5) is 4.55. The van der Waals surface area contributed by atoms with Gasteiger partial charge in [0.15, 0.2) is 0 Å². The van der Waals surface area contributed by atoms with Crippen molar-refractivity contribution in [2.45, 2.75) is 51.5 Å². The number of nitrogens with one attached hydrogen (secondary N) is 1. The summed E-state index contributed by atoms with van der Waals surface area (Å²) in [5.74, 6) is 4.06. The lowest BCUT2D eigenvalue weighted by Gasteiger charge is -2.59. The molecule has 0 aromatic carbocycles. The van der Waals surface area contributed by atoms with Gasteiger partial charge in [0.1, 0.15) is 10.4 Å². The Hall–Kier alpha value is -0.570. The quantitative estimate of drug-likeness (QED) is 0.798. The molecular weight excluding hydrogens is 312 g/mol. The number of pyridine rings is 1. The van der Waals surface area contributed by atoms with Gasteiger partial charge in [0.2, 0.25) is 0 Å². The second-order valence-electron chi connectivity index (χ2n) is 7.49. The van der Waals surface area contributed by atoms with Crippen LogP contribution in [0.15, 0.2) is 22.8 Å². The number of anilines is 1. The van der Waals surface area contributed by atoms with Crippen molar-refractivity contribution in [2.75, 3.05) is 5.32 Å². The molecule has 5 rings (SSSR count). The lowest BCUT2D eigenvalue weighted by Crippen LogP contribution is -2.52. The average molecular weight is 335 g/mol. The number of halogens is 1. The fraction of sp³-hybridized carbons (Fsp3) is 0.706. The van der Waals surface area contributed by atoms with Crippen molar-refractivity contribution in [3.63, 3.8) is 0 Å². The van der Waals surface area contributed by atoms with Crippen molar-refractivity contribution in [3.8, 4) is 0 Å². The van der Waals surface area contributed by atoms with Gasteiger partial charge in [0.25, 0.3) is 0 Å². The largest absolute Gasteiger partial charge is 0.367 e. The van der Waals surface area contributed by atoms with Crippen LogP contribution in [0.2, 0.25) is 0 Å². The highest BCUT2D eigenvalue weighted by Crippen LogP contribution is 2.61. The molecule has 0 saturated heterocycles. The number of nitrogens with zero attached hydrogens (tertiary/aromatic N) is 1. The smallest absolute Gasteiger partial charge is 0.127 e. The van der Waals surface area contributed by atoms with Crippen LogP contribution >= 0.6 is 15.9 Å². The molecule has 4 bridgehead atoms. The zero-order chi connectivity index (χ0) is 13.7. The van der Waals surface area contributed by atoms with E-state index in [1.54, 1.807) is 0 Å². The van der Waals surface area contributed by atoms with Crippen LogP contribution < -0.4 is 5.32 Å². The van der Waals surface area contributed by atoms with Crippen LogP contribution in [0.5, 0.6) is 0 Å². The van der Waals surface area contributed by atoms with Gasteiger partial charge in [0.05, 0.1) is 0 Å². The summed E-state index contributed by atoms with van der Waals surface area (Å²) in [6.07, 6.45) is 8.88. The Kier molecular flexibility index (Phi) is 3.10. The first-order valence-corrected chi connectivity index (χ1v) is 8.81. The number of rotatable bonds is 3. The maximum atomic E-state index is 4.55. The van der Waals surface area contributed by atoms with E-state index in [0.717, 1.165) is 28.2 Å². The Bertz CT molecular complexity index is 478. The lowest BCUT2D eigenvalue weighted by atomic mass is 9.48. The van der Waals surface area contributed by atoms with E-state index < -0.39 is 0 Å². The Morgan fingerprint density at radius 1 is 1.15 bits per heavy atom. The molecule has 0 spiro atoms. The molecule has 20 heavy (non-hydrogen) atoms. The molecule has 2 nitrogen and oxygen atoms in total. The van der Waals surface area contributed by atoms with Gasteiger partial charge in [-0.25, -0.2) is 4.98 Å². The van der Waals surface area contributed by atoms with Crippen molar-refractivity contribution < 1.29 is 0 Å². The van der Waals surface area contributed by atoms with E-state index in [0.29, 0.717) is 11.5 Å². The van der Waals surface area contributed by atoms with E-state index in [1.807, 2.05) is 6.07 Å². The van der Waals surface area contributed by atoms with Gasteiger partial charge in [0, 0.05) is 6.04 Å². The molecule has 1 N–H and O–H groups in total. The zero-order valence-electron chi connectivity index (χ0n) is 12.1. The van der Waals surface area contributed by atoms with Gasteiger partial charge < -0.3 is 5.32 Å². The Morgan fingerprint density at radius 3 is 2.30 bits per heavy atom. The minimum absolute atomic E-state index is 0.540. The van der Waals surface area contributed by atoms with Crippen LogP contribution in [0.25, 0.3) is 0 Å². The fourth-order valence-electron chi connectivity index (χ4n) is 5.57. The molecule has 1 atom stereocenters. The molecule has 108 valence electrons. The van der Waals surface area contributed by atoms with E-state index in [9.17, 15) is 0 Å². The van der Waals surface area contributed by atoms with Crippen LogP contribution in [-0.2, 0) is 0 Å². The van der Waals surface area contributed by atoms with Gasteiger partial charge in [-0.1, -0.05) is 6.07 Å². The Labute approximate surface area is 129 Å². The van der Waals surface area contributed by atoms with Crippen molar-refractivity contribution in [1.82, 2.24) is 4.98 Å². The molecule has 0 radical (unpaired) electrons. The van der Waals surface area contributed by atoms with E-state index >= 15 is 0 Å². The lowest BCUT2D eigenvalue weighted by molar-refractivity contribution is -0.0603. The zero-order valence-corrected chi connectivity index (χ0v) is 13.7. The first-order valence-electron chi connectivity index (χ1n) is 8.02. The molecule has 4 aliphatic carbocycles. The van der Waals surface area contributed by atoms with Crippen LogP contribution in [0, 0.1) is 23.2 Å². The van der Waals surface area contributed by atoms with Crippen molar-refractivity contribution >= 4 is 21.7 Å². The van der Waals surface area contributed by atoms with E-state index in [2.05, 4.69) is 45.3 Å². The number of aromatic nitrogens is 1. The number of hydrogen-bond donors (Lipinski definition) is 1. The molecule has 1 heterocycles. The molecule has 1 unspecified atom stereocenters. The van der Waals surface area contributed by atoms with E-state index in [1.165, 1.54) is 38.5 Å². The maximum absolute atomic E-state index is 4.55. The predicted molar refractivity (Wildman–Crippen MR) is 85.6 cm³/mol. The van der Waals surface area contributed by atoms with Gasteiger partial charge in [-0.05, 0) is 96.7 Å². The molecule has 3 heteroatoms. The second kappa shape index (κ2) is 4.72. The third-order valence-electron chi connectivity index (χ3n) is 6.08. The normalized spacial score (nSPS) is 39.8. The van der Waals surface area contributed by atoms with E-state index in [4.69, 9.17) is 0 Å². The summed E-state index contributed by atoms with van der Waals surface area (Å²) >= 11 is 3.46. The molecule has 1 aromatic rings. The minimum Gasteiger partial charge on any atom is -0.367 e. The summed E-state index contributed by atoms with van der Waals surface area (Å²) in [6, 6.07) is 6.67. The molecule has 4 fully saturated rings. The monoisotopic (exact) mass is 334 g/mol. The molecule has 0 amide bonds. The van der Waals surface area contributed by atoms with Crippen LogP contribution in [0.4, 0.5) is 5.82 Å². The summed E-state index contributed by atoms with van der Waals surface area (Å²) < 4.78 is 0.917. The van der Waals surface area contributed by atoms with Gasteiger partial charge in [-0.2, -0.15) is 0 Å². The average Bonchev–Trinajstić information content (AvgIpc) is 2.37. The highest BCUT2D eigenvalue weighted by Gasteiger charge is 2.53. The van der Waals surface area contributed by atoms with Crippen LogP contribution in [0.1, 0.15) is 45.4 Å². The second-order valence-corrected chi connectivity index (χ2v) is 8.30. The first kappa shape index (κ1) is 13.1. The van der Waals surface area contributed by atoms with E-state index in [-0.39, 0.29) is 0 Å². The third-order valence-corrected chi connectivity index (χ3v) is 6.53. The Balaban J connectivity index is 1.54. The minimum atomic E-state index is 0.540. The molecule has 1 aromatic heterocycles. The topological polar surface area (TPSA) is 24.9 Å². The summed E-state index contributed by atoms with van der Waals surface area (Å²) in [6.45, 7) is 2.38. The Morgan fingerprint density at radius 2 is 1.75 bits per heavy atom. The van der Waals surface area contributed by atoms with Crippen LogP contribution in [0.3, 0.4) is 0 Å². The maximum Gasteiger partial charge on any atom is 0.127 e. The molecule has 4 saturated carbocycles. The SMILES string of the molecule is CC(Nc1cccc(Br)n1)C12CC3CC(CC(C3)C1)C2. The van der Waals surface area contributed by atoms with Gasteiger partial charge in [-0.3, -0.25) is 0 Å². The first-order chi connectivity index (χ1) is 9.63. The summed E-state index contributed by atoms with van der Waals surface area (Å²) in [7, 11) is 0. The fourth-order valence-corrected chi connectivity index (χ4v) is 5.92. The molecular formula is C17H23BrN2. The van der Waals surface area contributed by atoms with Gasteiger partial charge >= 0.3 is 0 Å². The van der Waals surface area contributed by atoms with Gasteiger partial charge in [-0.15, -0.1) is 0 Å². The highest BCUT2D eigenvalue weighted by atomic mass is 79.9. The van der Waals surface area contributed by atoms with Crippen molar-refractivity contribution in [2.24, 2.45) is 23.2 Å². The number of hydrogen-bond acceptors (Lipinski definition) is 2. The van der Waals surface area contributed by atoms with Crippen molar-refractivity contribution in [1.29, 1.82) is 0 Å². The van der Waals surface area contributed by atoms with Crippen LogP contribution in [-0.4, -0.2) is 11.0 Å². The molecule has 0 aliphatic heterocycles. The van der Waals surface area contributed by atoms with Crippen molar-refractivity contribution in [3.05, 3.63) is 22.8 Å². The highest BCUT2D eigenvalue weighted by molar-refractivity contribution is 9.10. The standard InChI is InChI=1S/C17H23BrN2/c1-11(19-16-4-2-3-15(18)20-16)17-8-12-5-13(9-17)7-14(6-12)10-17/h2-4,11-14H,5-10H2,1H3,(H,19,20). The molecule has 4 aliphatic rings. The summed E-state index contributed by atoms with van der Waals surface area (Å²) in [5.41, 5.74) is 0.540. The summed E-state index contributed by atoms with van der Waals surface area (Å²) in [5, 5.41) is 3.70. The predicted octanol–water partition coefficient (Wildman–Crippen LogP) is 4.86.